The van der Waals surface area contributed by atoms with E-state index in [4.69, 9.17) is 0 Å². The molecule has 2 aromatic rings. The minimum Gasteiger partial charge on any atom is -0.303 e. The second-order valence-corrected chi connectivity index (χ2v) is 5.14. The fourth-order valence-electron chi connectivity index (χ4n) is 2.13. The van der Waals surface area contributed by atoms with Crippen molar-refractivity contribution in [2.45, 2.75) is 0 Å². The zero-order valence-electron chi connectivity index (χ0n) is 13.9. The van der Waals surface area contributed by atoms with E-state index < -0.39 is 0 Å². The summed E-state index contributed by atoms with van der Waals surface area (Å²) in [6, 6.07) is 18.1. The van der Waals surface area contributed by atoms with E-state index in [1.807, 2.05) is 36.4 Å². The molecule has 0 unspecified atom stereocenters. The fourth-order valence-corrected chi connectivity index (χ4v) is 2.13. The van der Waals surface area contributed by atoms with Crippen LogP contribution in [0.4, 0.5) is 0 Å². The molecule has 0 radical (unpaired) electrons. The summed E-state index contributed by atoms with van der Waals surface area (Å²) in [6.07, 6.45) is 5.11. The maximum atomic E-state index is 11.6. The molecule has 2 nitrogen and oxygen atoms in total. The summed E-state index contributed by atoms with van der Waals surface area (Å²) in [5.74, 6) is 10.2. The predicted molar refractivity (Wildman–Crippen MR) is 97.6 cm³/mol. The maximum Gasteiger partial charge on any atom is 2.00 e. The Kier molecular flexibility index (Phi) is 7.19. The summed E-state index contributed by atoms with van der Waals surface area (Å²) < 4.78 is 0. The first-order chi connectivity index (χ1) is 12.8. The first kappa shape index (κ1) is 19.8. The van der Waals surface area contributed by atoms with Crippen LogP contribution in [0.2, 0.25) is 0 Å². The van der Waals surface area contributed by atoms with Gasteiger partial charge in [0.1, 0.15) is 11.6 Å². The van der Waals surface area contributed by atoms with Gasteiger partial charge in [0.25, 0.3) is 0 Å². The average Bonchev–Trinajstić information content (AvgIpc) is 3.43. The Morgan fingerprint density at radius 2 is 1.00 bits per heavy atom. The van der Waals surface area contributed by atoms with Crippen molar-refractivity contribution in [2.24, 2.45) is 0 Å². The van der Waals surface area contributed by atoms with E-state index >= 15 is 0 Å². The van der Waals surface area contributed by atoms with Gasteiger partial charge in [0, 0.05) is 11.1 Å². The first-order valence-corrected chi connectivity index (χ1v) is 7.73. The van der Waals surface area contributed by atoms with Gasteiger partial charge in [-0.25, -0.2) is 23.3 Å². The van der Waals surface area contributed by atoms with Gasteiger partial charge in [0.05, 0.1) is 0 Å². The number of hydrogen-bond acceptors (Lipinski definition) is 2. The fraction of sp³-hybridized carbons (Fsp3) is 0. The van der Waals surface area contributed by atoms with Gasteiger partial charge in [-0.2, -0.15) is 0 Å². The number of benzene rings is 2. The molecule has 3 heteroatoms. The summed E-state index contributed by atoms with van der Waals surface area (Å²) >= 11 is 0. The Hall–Kier alpha value is -3.54. The van der Waals surface area contributed by atoms with Gasteiger partial charge in [-0.15, -0.1) is 0 Å². The van der Waals surface area contributed by atoms with Crippen LogP contribution >= 0.6 is 0 Å². The number of allylic oxidation sites excluding steroid dienone is 2. The Balaban J connectivity index is 0.000000187. The maximum absolute atomic E-state index is 11.6. The van der Waals surface area contributed by atoms with Crippen LogP contribution in [0.15, 0.2) is 83.3 Å². The second kappa shape index (κ2) is 9.82. The second-order valence-electron chi connectivity index (χ2n) is 5.14. The Labute approximate surface area is 168 Å². The van der Waals surface area contributed by atoms with Gasteiger partial charge >= 0.3 is 17.1 Å². The third-order valence-electron chi connectivity index (χ3n) is 3.40. The van der Waals surface area contributed by atoms with E-state index in [0.717, 1.165) is 0 Å². The van der Waals surface area contributed by atoms with Crippen molar-refractivity contribution in [1.82, 2.24) is 0 Å². The molecule has 0 N–H and O–H groups in total. The van der Waals surface area contributed by atoms with Crippen LogP contribution < -0.4 is 0 Å². The molecular weight excluding hydrogens is 376 g/mol. The monoisotopic (exact) mass is 386 g/mol. The first-order valence-electron chi connectivity index (χ1n) is 7.73. The molecular formula is C24H10FeO2. The molecule has 0 aromatic heterocycles. The summed E-state index contributed by atoms with van der Waals surface area (Å²) in [6.45, 7) is 0. The molecule has 0 saturated carbocycles. The van der Waals surface area contributed by atoms with Crippen molar-refractivity contribution in [1.29, 1.82) is 0 Å². The number of hydrogen-bond donors (Lipinski definition) is 0. The molecule has 126 valence electrons. The van der Waals surface area contributed by atoms with Crippen LogP contribution in [0.5, 0.6) is 0 Å². The van der Waals surface area contributed by atoms with Gasteiger partial charge in [-0.1, -0.05) is 84.0 Å². The topological polar surface area (TPSA) is 34.1 Å². The van der Waals surface area contributed by atoms with Crippen molar-refractivity contribution in [3.63, 3.8) is 0 Å². The molecule has 0 saturated heterocycles. The van der Waals surface area contributed by atoms with E-state index in [1.54, 1.807) is 24.3 Å². The van der Waals surface area contributed by atoms with E-state index in [1.165, 1.54) is 0 Å². The van der Waals surface area contributed by atoms with E-state index in [2.05, 4.69) is 47.3 Å². The standard InChI is InChI=1S/2C12H5O.Fe/c2*13-12(11-8-4-5-9-11)10-6-2-1-3-7-10;/h2*1-3,6-7H;/q2*-1;+2. The minimum atomic E-state index is -0.0851. The third kappa shape index (κ3) is 5.21. The molecule has 0 amide bonds. The SMILES string of the molecule is O=C(C1=C=[C-]C#C1)c1ccccc1.O=C(C1=C=[C-]C#C1)c1ccccc1.[Fe+2]. The van der Waals surface area contributed by atoms with E-state index in [-0.39, 0.29) is 28.6 Å². The molecule has 0 spiro atoms. The van der Waals surface area contributed by atoms with E-state index in [9.17, 15) is 9.59 Å². The zero-order valence-corrected chi connectivity index (χ0v) is 15.0. The molecule has 2 aliphatic carbocycles. The summed E-state index contributed by atoms with van der Waals surface area (Å²) in [4.78, 5) is 23.2. The van der Waals surface area contributed by atoms with Crippen molar-refractivity contribution >= 4 is 11.6 Å². The largest absolute Gasteiger partial charge is 2.00 e. The summed E-state index contributed by atoms with van der Waals surface area (Å²) in [7, 11) is 0. The molecule has 27 heavy (non-hydrogen) atoms. The van der Waals surface area contributed by atoms with Gasteiger partial charge in [-0.05, 0) is 0 Å². The summed E-state index contributed by atoms with van der Waals surface area (Å²) in [5.41, 5.74) is 7.37. The third-order valence-corrected chi connectivity index (χ3v) is 3.40. The van der Waals surface area contributed by atoms with Crippen molar-refractivity contribution in [2.75, 3.05) is 0 Å². The Morgan fingerprint density at radius 1 is 0.630 bits per heavy atom. The van der Waals surface area contributed by atoms with Crippen LogP contribution in [-0.2, 0) is 17.1 Å². The van der Waals surface area contributed by atoms with Gasteiger partial charge in [-0.3, -0.25) is 11.8 Å². The van der Waals surface area contributed by atoms with Crippen LogP contribution in [0.25, 0.3) is 0 Å². The Morgan fingerprint density at radius 3 is 1.30 bits per heavy atom. The predicted octanol–water partition coefficient (Wildman–Crippen LogP) is 3.54. The van der Waals surface area contributed by atoms with Crippen molar-refractivity contribution in [3.05, 3.63) is 107 Å². The molecule has 0 heterocycles. The molecule has 0 aliphatic heterocycles. The van der Waals surface area contributed by atoms with Gasteiger partial charge in [0.15, 0.2) is 0 Å². The number of ketones is 2. The zero-order chi connectivity index (χ0) is 18.2. The molecule has 2 aliphatic rings. The molecule has 0 bridgehead atoms. The normalized spacial score (nSPS) is 11.4. The smallest absolute Gasteiger partial charge is 0.303 e. The minimum absolute atomic E-state index is 0. The van der Waals surface area contributed by atoms with Crippen LogP contribution in [-0.4, -0.2) is 11.6 Å². The number of Topliss-reactive ketones (excluding diaryl/α,β-unsaturated/α-hetero) is 2. The molecule has 4 rings (SSSR count). The quantitative estimate of drug-likeness (QED) is 0.265. The number of carbonyl (C=O) groups excluding carboxylic acids is 2. The van der Waals surface area contributed by atoms with Crippen molar-refractivity contribution in [3.8, 4) is 23.7 Å². The van der Waals surface area contributed by atoms with Crippen LogP contribution in [0.3, 0.4) is 0 Å². The Bertz CT molecular complexity index is 1030. The van der Waals surface area contributed by atoms with Gasteiger partial charge < -0.3 is 9.59 Å². The van der Waals surface area contributed by atoms with E-state index in [0.29, 0.717) is 22.3 Å². The average molecular weight is 386 g/mol. The van der Waals surface area contributed by atoms with Crippen LogP contribution in [0, 0.1) is 35.8 Å². The molecule has 2 aromatic carbocycles. The van der Waals surface area contributed by atoms with Gasteiger partial charge in [0.2, 0.25) is 0 Å². The number of carbonyl (C=O) groups is 2. The molecule has 0 atom stereocenters. The molecule has 0 fully saturated rings. The van der Waals surface area contributed by atoms with Crippen LogP contribution in [0.1, 0.15) is 20.7 Å². The number of rotatable bonds is 4. The summed E-state index contributed by atoms with van der Waals surface area (Å²) in [5, 5.41) is 0. The van der Waals surface area contributed by atoms with Crippen molar-refractivity contribution < 1.29 is 26.7 Å².